The summed E-state index contributed by atoms with van der Waals surface area (Å²) in [6.07, 6.45) is 4.35. The number of carbonyl (C=O) groups is 1. The zero-order valence-electron chi connectivity index (χ0n) is 11.1. The van der Waals surface area contributed by atoms with Crippen molar-refractivity contribution in [2.24, 2.45) is 11.1 Å². The highest BCUT2D eigenvalue weighted by Crippen LogP contribution is 2.43. The van der Waals surface area contributed by atoms with Crippen LogP contribution >= 0.6 is 0 Å². The van der Waals surface area contributed by atoms with Crippen molar-refractivity contribution in [2.45, 2.75) is 32.1 Å². The van der Waals surface area contributed by atoms with E-state index in [1.807, 2.05) is 0 Å². The van der Waals surface area contributed by atoms with Crippen molar-refractivity contribution in [2.75, 3.05) is 13.1 Å². The molecule has 1 aromatic rings. The van der Waals surface area contributed by atoms with Crippen molar-refractivity contribution in [3.05, 3.63) is 35.6 Å². The van der Waals surface area contributed by atoms with Gasteiger partial charge in [0.25, 0.3) is 0 Å². The Morgan fingerprint density at radius 3 is 2.58 bits per heavy atom. The molecule has 0 radical (unpaired) electrons. The van der Waals surface area contributed by atoms with Crippen LogP contribution in [0.15, 0.2) is 24.3 Å². The Balaban J connectivity index is 1.62. The van der Waals surface area contributed by atoms with Crippen molar-refractivity contribution < 1.29 is 9.18 Å². The third-order valence-corrected chi connectivity index (χ3v) is 3.83. The minimum atomic E-state index is -0.224. The third kappa shape index (κ3) is 4.31. The molecule has 4 heteroatoms. The molecule has 0 atom stereocenters. The highest BCUT2D eigenvalue weighted by molar-refractivity contribution is 5.75. The van der Waals surface area contributed by atoms with E-state index in [1.165, 1.54) is 12.1 Å². The van der Waals surface area contributed by atoms with Gasteiger partial charge in [-0.25, -0.2) is 4.39 Å². The number of hydrogen-bond donors (Lipinski definition) is 2. The molecule has 0 aliphatic heterocycles. The summed E-state index contributed by atoms with van der Waals surface area (Å²) >= 11 is 0. The van der Waals surface area contributed by atoms with E-state index in [0.29, 0.717) is 19.5 Å². The van der Waals surface area contributed by atoms with Crippen LogP contribution in [0.2, 0.25) is 0 Å². The zero-order chi connectivity index (χ0) is 13.7. The molecule has 1 aromatic carbocycles. The van der Waals surface area contributed by atoms with Crippen LogP contribution in [-0.2, 0) is 11.2 Å². The monoisotopic (exact) mass is 264 g/mol. The SMILES string of the molecule is NCC1(CNC(=O)CCCc2ccc(F)cc2)CC1. The lowest BCUT2D eigenvalue weighted by atomic mass is 10.1. The molecule has 1 aliphatic rings. The summed E-state index contributed by atoms with van der Waals surface area (Å²) in [5.41, 5.74) is 6.91. The Morgan fingerprint density at radius 1 is 1.32 bits per heavy atom. The molecule has 2 rings (SSSR count). The number of aryl methyl sites for hydroxylation is 1. The lowest BCUT2D eigenvalue weighted by molar-refractivity contribution is -0.121. The fraction of sp³-hybridized carbons (Fsp3) is 0.533. The molecular formula is C15H21FN2O. The maximum Gasteiger partial charge on any atom is 0.220 e. The summed E-state index contributed by atoms with van der Waals surface area (Å²) in [6, 6.07) is 6.43. The lowest BCUT2D eigenvalue weighted by Crippen LogP contribution is -2.33. The number of carbonyl (C=O) groups excluding carboxylic acids is 1. The maximum absolute atomic E-state index is 12.7. The number of benzene rings is 1. The number of hydrogen-bond acceptors (Lipinski definition) is 2. The summed E-state index contributed by atoms with van der Waals surface area (Å²) < 4.78 is 12.7. The first-order valence-electron chi connectivity index (χ1n) is 6.85. The Kier molecular flexibility index (Phi) is 4.53. The molecule has 0 aromatic heterocycles. The minimum absolute atomic E-state index is 0.0850. The lowest BCUT2D eigenvalue weighted by Gasteiger charge is -2.13. The number of nitrogens with two attached hydrogens (primary N) is 1. The second-order valence-electron chi connectivity index (χ2n) is 5.46. The van der Waals surface area contributed by atoms with Gasteiger partial charge in [-0.3, -0.25) is 4.79 Å². The van der Waals surface area contributed by atoms with Gasteiger partial charge in [0.05, 0.1) is 0 Å². The van der Waals surface area contributed by atoms with E-state index in [1.54, 1.807) is 12.1 Å². The van der Waals surface area contributed by atoms with Gasteiger partial charge in [-0.1, -0.05) is 12.1 Å². The number of nitrogens with one attached hydrogen (secondary N) is 1. The molecule has 0 heterocycles. The van der Waals surface area contributed by atoms with Crippen LogP contribution in [0.4, 0.5) is 4.39 Å². The van der Waals surface area contributed by atoms with Gasteiger partial charge in [-0.05, 0) is 55.3 Å². The van der Waals surface area contributed by atoms with Crippen molar-refractivity contribution in [3.8, 4) is 0 Å². The molecule has 1 fully saturated rings. The fourth-order valence-corrected chi connectivity index (χ4v) is 2.11. The van der Waals surface area contributed by atoms with E-state index < -0.39 is 0 Å². The fourth-order valence-electron chi connectivity index (χ4n) is 2.11. The van der Waals surface area contributed by atoms with Crippen LogP contribution in [0, 0.1) is 11.2 Å². The van der Waals surface area contributed by atoms with E-state index in [4.69, 9.17) is 5.73 Å². The van der Waals surface area contributed by atoms with E-state index in [9.17, 15) is 9.18 Å². The van der Waals surface area contributed by atoms with Crippen molar-refractivity contribution >= 4 is 5.91 Å². The molecular weight excluding hydrogens is 243 g/mol. The summed E-state index contributed by atoms with van der Waals surface area (Å²) in [5.74, 6) is -0.139. The average molecular weight is 264 g/mol. The summed E-state index contributed by atoms with van der Waals surface area (Å²) in [4.78, 5) is 11.7. The quantitative estimate of drug-likeness (QED) is 0.791. The number of rotatable bonds is 7. The predicted octanol–water partition coefficient (Wildman–Crippen LogP) is 2.00. The first-order chi connectivity index (χ1) is 9.13. The predicted molar refractivity (Wildman–Crippen MR) is 73.1 cm³/mol. The van der Waals surface area contributed by atoms with Crippen LogP contribution in [-0.4, -0.2) is 19.0 Å². The van der Waals surface area contributed by atoms with Crippen LogP contribution in [0.3, 0.4) is 0 Å². The summed E-state index contributed by atoms with van der Waals surface area (Å²) in [7, 11) is 0. The van der Waals surface area contributed by atoms with Gasteiger partial charge in [0, 0.05) is 13.0 Å². The molecule has 3 N–H and O–H groups in total. The molecule has 0 spiro atoms. The minimum Gasteiger partial charge on any atom is -0.355 e. The van der Waals surface area contributed by atoms with E-state index >= 15 is 0 Å². The van der Waals surface area contributed by atoms with Crippen LogP contribution in [0.25, 0.3) is 0 Å². The van der Waals surface area contributed by atoms with E-state index in [2.05, 4.69) is 5.32 Å². The Labute approximate surface area is 113 Å². The molecule has 3 nitrogen and oxygen atoms in total. The Hall–Kier alpha value is -1.42. The van der Waals surface area contributed by atoms with Gasteiger partial charge in [-0.15, -0.1) is 0 Å². The first-order valence-corrected chi connectivity index (χ1v) is 6.85. The van der Waals surface area contributed by atoms with Crippen LogP contribution in [0.1, 0.15) is 31.2 Å². The third-order valence-electron chi connectivity index (χ3n) is 3.83. The molecule has 19 heavy (non-hydrogen) atoms. The normalized spacial score (nSPS) is 16.1. The highest BCUT2D eigenvalue weighted by atomic mass is 19.1. The smallest absolute Gasteiger partial charge is 0.220 e. The van der Waals surface area contributed by atoms with Crippen molar-refractivity contribution in [3.63, 3.8) is 0 Å². The molecule has 1 amide bonds. The van der Waals surface area contributed by atoms with Gasteiger partial charge in [0.2, 0.25) is 5.91 Å². The van der Waals surface area contributed by atoms with Gasteiger partial charge in [-0.2, -0.15) is 0 Å². The van der Waals surface area contributed by atoms with E-state index in [-0.39, 0.29) is 17.1 Å². The van der Waals surface area contributed by atoms with Gasteiger partial charge < -0.3 is 11.1 Å². The molecule has 0 unspecified atom stereocenters. The van der Waals surface area contributed by atoms with Crippen molar-refractivity contribution in [1.29, 1.82) is 0 Å². The maximum atomic E-state index is 12.7. The van der Waals surface area contributed by atoms with Crippen molar-refractivity contribution in [1.82, 2.24) is 5.32 Å². The molecule has 0 saturated heterocycles. The highest BCUT2D eigenvalue weighted by Gasteiger charge is 2.41. The zero-order valence-corrected chi connectivity index (χ0v) is 11.1. The second-order valence-corrected chi connectivity index (χ2v) is 5.46. The second kappa shape index (κ2) is 6.15. The molecule has 104 valence electrons. The first kappa shape index (κ1) is 14.0. The average Bonchev–Trinajstić information content (AvgIpc) is 3.19. The number of amides is 1. The van der Waals surface area contributed by atoms with Gasteiger partial charge >= 0.3 is 0 Å². The summed E-state index contributed by atoms with van der Waals surface area (Å²) in [5, 5.41) is 2.95. The molecule has 1 saturated carbocycles. The molecule has 0 bridgehead atoms. The van der Waals surface area contributed by atoms with Gasteiger partial charge in [0.1, 0.15) is 5.82 Å². The van der Waals surface area contributed by atoms with Crippen LogP contribution < -0.4 is 11.1 Å². The van der Waals surface area contributed by atoms with Gasteiger partial charge in [0.15, 0.2) is 0 Å². The Morgan fingerprint density at radius 2 is 2.00 bits per heavy atom. The summed E-state index contributed by atoms with van der Waals surface area (Å²) in [6.45, 7) is 1.36. The number of halogens is 1. The Bertz CT molecular complexity index is 426. The standard InChI is InChI=1S/C15H21FN2O/c16-13-6-4-12(5-7-13)2-1-3-14(19)18-11-15(10-17)8-9-15/h4-7H,1-3,8-11,17H2,(H,18,19). The largest absolute Gasteiger partial charge is 0.355 e. The topological polar surface area (TPSA) is 55.1 Å². The van der Waals surface area contributed by atoms with Crippen LogP contribution in [0.5, 0.6) is 0 Å². The van der Waals surface area contributed by atoms with E-state index in [0.717, 1.165) is 31.2 Å². The molecule has 1 aliphatic carbocycles.